The van der Waals surface area contributed by atoms with Crippen molar-refractivity contribution in [2.75, 3.05) is 25.4 Å². The Kier molecular flexibility index (Phi) is 21.1. The van der Waals surface area contributed by atoms with E-state index >= 15 is 0 Å². The van der Waals surface area contributed by atoms with Gasteiger partial charge in [-0.3, -0.25) is 0 Å². The molecule has 1 aromatic carbocycles. The molecular weight excluding hydrogens is 388 g/mol. The van der Waals surface area contributed by atoms with Crippen LogP contribution in [0.25, 0.3) is 0 Å². The molecule has 0 aliphatic rings. The van der Waals surface area contributed by atoms with Crippen LogP contribution in [0, 0.1) is 17.8 Å². The maximum Gasteiger partial charge on any atom is 0.0313 e. The number of rotatable bonds is 18. The van der Waals surface area contributed by atoms with E-state index in [9.17, 15) is 0 Å². The van der Waals surface area contributed by atoms with E-state index in [1.165, 1.54) is 96.7 Å². The number of hydrogen-bond donors (Lipinski definition) is 1. The first-order valence-electron chi connectivity index (χ1n) is 14.1. The highest BCUT2D eigenvalue weighted by Crippen LogP contribution is 2.22. The van der Waals surface area contributed by atoms with E-state index in [1.54, 1.807) is 0 Å². The fraction of sp³-hybridized carbons (Fsp3) is 0.800. The second kappa shape index (κ2) is 21.8. The Balaban J connectivity index is 0.00000115. The number of nitrogen functional groups attached to an aromatic ring is 1. The van der Waals surface area contributed by atoms with Crippen LogP contribution in [0.5, 0.6) is 0 Å². The lowest BCUT2D eigenvalue weighted by molar-refractivity contribution is 0.152. The minimum Gasteiger partial charge on any atom is -0.399 e. The summed E-state index contributed by atoms with van der Waals surface area (Å²) in [6.07, 6.45) is 16.6. The Labute approximate surface area is 202 Å². The summed E-state index contributed by atoms with van der Waals surface area (Å²) in [7, 11) is 0. The van der Waals surface area contributed by atoms with Gasteiger partial charge in [0.25, 0.3) is 0 Å². The average molecular weight is 447 g/mol. The summed E-state index contributed by atoms with van der Waals surface area (Å²) in [4.78, 5) is 2.89. The van der Waals surface area contributed by atoms with Crippen LogP contribution in [0.15, 0.2) is 30.3 Å². The van der Waals surface area contributed by atoms with Gasteiger partial charge in [-0.15, -0.1) is 0 Å². The minimum atomic E-state index is 0.822. The van der Waals surface area contributed by atoms with Crippen molar-refractivity contribution in [3.63, 3.8) is 0 Å². The standard InChI is InChI=1S/C24H51N.C6H7N/c1-7-13-16-22(10-4)19-25(20-23(11-5)17-14-8-2)21-24(12-6)18-15-9-3;7-6-4-2-1-3-5-6/h22-24H,7-21H2,1-6H3;1-5H,7H2. The van der Waals surface area contributed by atoms with Crippen LogP contribution in [-0.2, 0) is 0 Å². The van der Waals surface area contributed by atoms with Crippen molar-refractivity contribution in [3.05, 3.63) is 30.3 Å². The van der Waals surface area contributed by atoms with Crippen LogP contribution in [0.3, 0.4) is 0 Å². The van der Waals surface area contributed by atoms with Crippen molar-refractivity contribution in [2.24, 2.45) is 17.8 Å². The highest BCUT2D eigenvalue weighted by molar-refractivity contribution is 5.35. The molecule has 3 atom stereocenters. The molecule has 188 valence electrons. The van der Waals surface area contributed by atoms with Gasteiger partial charge in [-0.1, -0.05) is 118 Å². The van der Waals surface area contributed by atoms with Crippen molar-refractivity contribution in [1.82, 2.24) is 4.90 Å². The summed E-state index contributed by atoms with van der Waals surface area (Å²) in [5.74, 6) is 2.73. The van der Waals surface area contributed by atoms with Gasteiger partial charge >= 0.3 is 0 Å². The zero-order valence-electron chi connectivity index (χ0n) is 22.7. The monoisotopic (exact) mass is 446 g/mol. The molecule has 3 unspecified atom stereocenters. The topological polar surface area (TPSA) is 29.3 Å². The second-order valence-electron chi connectivity index (χ2n) is 9.88. The van der Waals surface area contributed by atoms with E-state index in [4.69, 9.17) is 5.73 Å². The number of nitrogens with zero attached hydrogens (tertiary/aromatic N) is 1. The molecule has 2 nitrogen and oxygen atoms in total. The first-order valence-corrected chi connectivity index (χ1v) is 14.1. The second-order valence-corrected chi connectivity index (χ2v) is 9.88. The van der Waals surface area contributed by atoms with Crippen molar-refractivity contribution >= 4 is 5.69 Å². The Morgan fingerprint density at radius 3 is 1.16 bits per heavy atom. The SMILES string of the molecule is CCCCC(CC)CN(CC(CC)CCCC)CC(CC)CCCC.Nc1ccccc1. The third-order valence-electron chi connectivity index (χ3n) is 6.98. The van der Waals surface area contributed by atoms with E-state index in [-0.39, 0.29) is 0 Å². The normalized spacial score (nSPS) is 14.0. The van der Waals surface area contributed by atoms with Crippen LogP contribution in [0.2, 0.25) is 0 Å². The van der Waals surface area contributed by atoms with Gasteiger partial charge in [-0.25, -0.2) is 0 Å². The number of hydrogen-bond acceptors (Lipinski definition) is 2. The van der Waals surface area contributed by atoms with Crippen LogP contribution in [0.1, 0.15) is 119 Å². The lowest BCUT2D eigenvalue weighted by atomic mass is 9.93. The van der Waals surface area contributed by atoms with Gasteiger partial charge in [-0.2, -0.15) is 0 Å². The predicted octanol–water partition coefficient (Wildman–Crippen LogP) is 9.21. The summed E-state index contributed by atoms with van der Waals surface area (Å²) in [6.45, 7) is 18.3. The van der Waals surface area contributed by atoms with Gasteiger partial charge < -0.3 is 10.6 Å². The van der Waals surface area contributed by atoms with Gasteiger partial charge in [0.2, 0.25) is 0 Å². The molecule has 1 aromatic rings. The first kappa shape index (κ1) is 31.0. The maximum absolute atomic E-state index is 5.36. The zero-order chi connectivity index (χ0) is 24.0. The third-order valence-corrected chi connectivity index (χ3v) is 6.98. The molecular formula is C30H58N2. The molecule has 0 heterocycles. The zero-order valence-corrected chi connectivity index (χ0v) is 22.7. The van der Waals surface area contributed by atoms with Gasteiger partial charge in [0.05, 0.1) is 0 Å². The van der Waals surface area contributed by atoms with Crippen molar-refractivity contribution in [2.45, 2.75) is 119 Å². The lowest BCUT2D eigenvalue weighted by Gasteiger charge is -2.33. The molecule has 0 aromatic heterocycles. The van der Waals surface area contributed by atoms with Gasteiger partial charge in [0, 0.05) is 25.3 Å². The number of nitrogens with two attached hydrogens (primary N) is 1. The molecule has 0 bridgehead atoms. The maximum atomic E-state index is 5.36. The smallest absolute Gasteiger partial charge is 0.0313 e. The molecule has 32 heavy (non-hydrogen) atoms. The van der Waals surface area contributed by atoms with Crippen LogP contribution in [-0.4, -0.2) is 24.5 Å². The molecule has 1 rings (SSSR count). The first-order chi connectivity index (χ1) is 15.5. The van der Waals surface area contributed by atoms with E-state index in [0.717, 1.165) is 23.4 Å². The summed E-state index contributed by atoms with van der Waals surface area (Å²) < 4.78 is 0. The van der Waals surface area contributed by atoms with E-state index in [2.05, 4.69) is 46.4 Å². The number of benzene rings is 1. The summed E-state index contributed by atoms with van der Waals surface area (Å²) in [5.41, 5.74) is 6.18. The van der Waals surface area contributed by atoms with Crippen molar-refractivity contribution in [3.8, 4) is 0 Å². The highest BCUT2D eigenvalue weighted by Gasteiger charge is 2.19. The fourth-order valence-electron chi connectivity index (χ4n) is 4.52. The summed E-state index contributed by atoms with van der Waals surface area (Å²) in [5, 5.41) is 0. The van der Waals surface area contributed by atoms with Crippen molar-refractivity contribution < 1.29 is 0 Å². The highest BCUT2D eigenvalue weighted by atomic mass is 15.1. The molecule has 0 saturated carbocycles. The molecule has 0 radical (unpaired) electrons. The van der Waals surface area contributed by atoms with Crippen LogP contribution < -0.4 is 5.73 Å². The molecule has 0 aliphatic heterocycles. The molecule has 0 aliphatic carbocycles. The van der Waals surface area contributed by atoms with Crippen LogP contribution in [0.4, 0.5) is 5.69 Å². The van der Waals surface area contributed by atoms with Gasteiger partial charge in [-0.05, 0) is 49.1 Å². The number of para-hydroxylation sites is 1. The van der Waals surface area contributed by atoms with E-state index in [0.29, 0.717) is 0 Å². The molecule has 0 saturated heterocycles. The Morgan fingerprint density at radius 1 is 0.594 bits per heavy atom. The van der Waals surface area contributed by atoms with Crippen LogP contribution >= 0.6 is 0 Å². The fourth-order valence-corrected chi connectivity index (χ4v) is 4.52. The quantitative estimate of drug-likeness (QED) is 0.228. The number of unbranched alkanes of at least 4 members (excludes halogenated alkanes) is 3. The Morgan fingerprint density at radius 2 is 0.938 bits per heavy atom. The molecule has 2 heteroatoms. The minimum absolute atomic E-state index is 0.822. The third kappa shape index (κ3) is 16.6. The van der Waals surface area contributed by atoms with E-state index in [1.807, 2.05) is 30.3 Å². The molecule has 0 fully saturated rings. The summed E-state index contributed by atoms with van der Waals surface area (Å²) in [6, 6.07) is 9.49. The molecule has 0 spiro atoms. The largest absolute Gasteiger partial charge is 0.399 e. The predicted molar refractivity (Wildman–Crippen MR) is 147 cm³/mol. The lowest BCUT2D eigenvalue weighted by Crippen LogP contribution is -2.37. The molecule has 2 N–H and O–H groups in total. The van der Waals surface area contributed by atoms with E-state index < -0.39 is 0 Å². The number of anilines is 1. The summed E-state index contributed by atoms with van der Waals surface area (Å²) >= 11 is 0. The molecule has 0 amide bonds. The van der Waals surface area contributed by atoms with Gasteiger partial charge in [0.1, 0.15) is 0 Å². The Hall–Kier alpha value is -1.02. The van der Waals surface area contributed by atoms with Gasteiger partial charge in [0.15, 0.2) is 0 Å². The Bertz CT molecular complexity index is 444. The average Bonchev–Trinajstić information content (AvgIpc) is 2.82. The van der Waals surface area contributed by atoms with Crippen molar-refractivity contribution in [1.29, 1.82) is 0 Å².